The lowest BCUT2D eigenvalue weighted by Crippen LogP contribution is -2.36. The van der Waals surface area contributed by atoms with Gasteiger partial charge < -0.3 is 10.1 Å². The molecule has 17 heavy (non-hydrogen) atoms. The molecule has 0 amide bonds. The molecule has 1 aromatic heterocycles. The summed E-state index contributed by atoms with van der Waals surface area (Å²) in [6.45, 7) is 5.23. The summed E-state index contributed by atoms with van der Waals surface area (Å²) in [4.78, 5) is 5.58. The van der Waals surface area contributed by atoms with Crippen molar-refractivity contribution in [1.29, 1.82) is 0 Å². The number of ether oxygens (including phenoxy) is 1. The van der Waals surface area contributed by atoms with Crippen LogP contribution in [-0.4, -0.2) is 31.8 Å². The van der Waals surface area contributed by atoms with Gasteiger partial charge in [-0.1, -0.05) is 6.92 Å². The van der Waals surface area contributed by atoms with E-state index < -0.39 is 0 Å². The zero-order valence-corrected chi connectivity index (χ0v) is 11.6. The normalized spacial score (nSPS) is 19.2. The molecule has 1 unspecified atom stereocenters. The van der Waals surface area contributed by atoms with Crippen LogP contribution in [0.2, 0.25) is 0 Å². The molecule has 1 aliphatic rings. The van der Waals surface area contributed by atoms with Crippen molar-refractivity contribution in [1.82, 2.24) is 10.3 Å². The van der Waals surface area contributed by atoms with E-state index >= 15 is 0 Å². The van der Waals surface area contributed by atoms with Crippen molar-refractivity contribution in [2.75, 3.05) is 26.8 Å². The van der Waals surface area contributed by atoms with Gasteiger partial charge in [-0.2, -0.15) is 0 Å². The van der Waals surface area contributed by atoms with Crippen molar-refractivity contribution < 1.29 is 4.74 Å². The predicted octanol–water partition coefficient (Wildman–Crippen LogP) is 2.34. The molecule has 1 fully saturated rings. The van der Waals surface area contributed by atoms with Crippen molar-refractivity contribution in [2.24, 2.45) is 11.3 Å². The highest BCUT2D eigenvalue weighted by Crippen LogP contribution is 2.47. The van der Waals surface area contributed by atoms with Crippen molar-refractivity contribution >= 4 is 11.3 Å². The zero-order valence-electron chi connectivity index (χ0n) is 10.7. The highest BCUT2D eigenvalue weighted by molar-refractivity contribution is 7.09. The van der Waals surface area contributed by atoms with E-state index in [9.17, 15) is 0 Å². The Bertz CT molecular complexity index is 324. The molecule has 0 aliphatic heterocycles. The minimum Gasteiger partial charge on any atom is -0.383 e. The number of nitrogens with zero attached hydrogens (tertiary/aromatic N) is 1. The average Bonchev–Trinajstić information content (AvgIpc) is 3.07. The zero-order chi connectivity index (χ0) is 12.1. The number of thiazole rings is 1. The Balaban J connectivity index is 1.85. The van der Waals surface area contributed by atoms with Crippen LogP contribution >= 0.6 is 11.3 Å². The summed E-state index contributed by atoms with van der Waals surface area (Å²) in [5, 5.41) is 3.52. The van der Waals surface area contributed by atoms with E-state index in [0.717, 1.165) is 32.0 Å². The van der Waals surface area contributed by atoms with Gasteiger partial charge in [-0.3, -0.25) is 4.98 Å². The van der Waals surface area contributed by atoms with E-state index in [1.54, 1.807) is 18.4 Å². The lowest BCUT2D eigenvalue weighted by Gasteiger charge is -2.29. The lowest BCUT2D eigenvalue weighted by atomic mass is 9.81. The quantitative estimate of drug-likeness (QED) is 0.723. The number of methoxy groups -OCH3 is 1. The first kappa shape index (κ1) is 13.0. The second-order valence-corrected chi connectivity index (χ2v) is 6.21. The van der Waals surface area contributed by atoms with Gasteiger partial charge in [0.2, 0.25) is 0 Å². The Morgan fingerprint density at radius 3 is 3.00 bits per heavy atom. The number of nitrogens with one attached hydrogen (secondary N) is 1. The molecule has 3 nitrogen and oxygen atoms in total. The molecule has 1 saturated carbocycles. The first-order valence-corrected chi connectivity index (χ1v) is 7.19. The highest BCUT2D eigenvalue weighted by Gasteiger charge is 2.41. The van der Waals surface area contributed by atoms with Crippen LogP contribution in [0.15, 0.2) is 11.7 Å². The fourth-order valence-electron chi connectivity index (χ4n) is 2.41. The molecule has 4 heteroatoms. The van der Waals surface area contributed by atoms with Crippen LogP contribution in [0.1, 0.15) is 24.6 Å². The third-order valence-corrected chi connectivity index (χ3v) is 4.42. The molecular weight excluding hydrogens is 232 g/mol. The van der Waals surface area contributed by atoms with Crippen LogP contribution < -0.4 is 5.32 Å². The lowest BCUT2D eigenvalue weighted by molar-refractivity contribution is 0.187. The van der Waals surface area contributed by atoms with Gasteiger partial charge in [0.15, 0.2) is 0 Å². The molecule has 1 N–H and O–H groups in total. The largest absolute Gasteiger partial charge is 0.383 e. The van der Waals surface area contributed by atoms with E-state index in [-0.39, 0.29) is 0 Å². The minimum atomic E-state index is 0.389. The van der Waals surface area contributed by atoms with E-state index in [1.807, 2.05) is 11.7 Å². The molecule has 0 aromatic carbocycles. The van der Waals surface area contributed by atoms with Crippen LogP contribution in [0.3, 0.4) is 0 Å². The van der Waals surface area contributed by atoms with Gasteiger partial charge in [0.25, 0.3) is 0 Å². The monoisotopic (exact) mass is 254 g/mol. The van der Waals surface area contributed by atoms with Gasteiger partial charge in [-0.15, -0.1) is 11.3 Å². The maximum atomic E-state index is 5.07. The van der Waals surface area contributed by atoms with Crippen LogP contribution in [-0.2, 0) is 11.2 Å². The number of rotatable bonds is 8. The second kappa shape index (κ2) is 5.94. The Morgan fingerprint density at radius 2 is 2.41 bits per heavy atom. The van der Waals surface area contributed by atoms with E-state index in [2.05, 4.69) is 17.2 Å². The first-order valence-electron chi connectivity index (χ1n) is 6.31. The van der Waals surface area contributed by atoms with Gasteiger partial charge in [-0.05, 0) is 30.6 Å². The fourth-order valence-corrected chi connectivity index (χ4v) is 3.20. The van der Waals surface area contributed by atoms with Gasteiger partial charge in [0.05, 0.1) is 12.1 Å². The van der Waals surface area contributed by atoms with Crippen LogP contribution in [0.4, 0.5) is 0 Å². The molecule has 2 rings (SSSR count). The van der Waals surface area contributed by atoms with Crippen LogP contribution in [0.5, 0.6) is 0 Å². The molecule has 1 atom stereocenters. The smallest absolute Gasteiger partial charge is 0.0794 e. The van der Waals surface area contributed by atoms with E-state index in [1.165, 1.54) is 17.7 Å². The van der Waals surface area contributed by atoms with Crippen molar-refractivity contribution in [3.05, 3.63) is 16.6 Å². The van der Waals surface area contributed by atoms with Gasteiger partial charge in [0, 0.05) is 31.3 Å². The molecular formula is C13H22N2OS. The molecule has 1 aliphatic carbocycles. The Labute approximate surface area is 108 Å². The Morgan fingerprint density at radius 1 is 1.59 bits per heavy atom. The van der Waals surface area contributed by atoms with E-state index in [0.29, 0.717) is 5.41 Å². The average molecular weight is 254 g/mol. The van der Waals surface area contributed by atoms with Crippen LogP contribution in [0.25, 0.3) is 0 Å². The topological polar surface area (TPSA) is 34.1 Å². The first-order chi connectivity index (χ1) is 8.24. The standard InChI is InChI=1S/C13H22N2OS/c1-13(11-3-4-11,9-14-5-6-16-2)7-12-8-15-10-17-12/h8,10-11,14H,3-7,9H2,1-2H3. The number of aromatic nitrogens is 1. The SMILES string of the molecule is COCCNCC(C)(Cc1cncs1)C1CC1. The van der Waals surface area contributed by atoms with Crippen molar-refractivity contribution in [2.45, 2.75) is 26.2 Å². The third-order valence-electron chi connectivity index (χ3n) is 3.64. The molecule has 96 valence electrons. The minimum absolute atomic E-state index is 0.389. The maximum Gasteiger partial charge on any atom is 0.0794 e. The summed E-state index contributed by atoms with van der Waals surface area (Å²) in [5.74, 6) is 0.889. The Hall–Kier alpha value is -0.450. The van der Waals surface area contributed by atoms with Gasteiger partial charge in [0.1, 0.15) is 0 Å². The summed E-state index contributed by atoms with van der Waals surface area (Å²) in [5.41, 5.74) is 2.32. The summed E-state index contributed by atoms with van der Waals surface area (Å²) < 4.78 is 5.07. The molecule has 0 radical (unpaired) electrons. The fraction of sp³-hybridized carbons (Fsp3) is 0.769. The van der Waals surface area contributed by atoms with Gasteiger partial charge >= 0.3 is 0 Å². The van der Waals surface area contributed by atoms with Crippen molar-refractivity contribution in [3.63, 3.8) is 0 Å². The van der Waals surface area contributed by atoms with Crippen LogP contribution in [0, 0.1) is 11.3 Å². The summed E-state index contributed by atoms with van der Waals surface area (Å²) in [6, 6.07) is 0. The third kappa shape index (κ3) is 3.76. The Kier molecular flexibility index (Phi) is 4.54. The summed E-state index contributed by atoms with van der Waals surface area (Å²) in [7, 11) is 1.75. The highest BCUT2D eigenvalue weighted by atomic mass is 32.1. The summed E-state index contributed by atoms with van der Waals surface area (Å²) >= 11 is 1.78. The maximum absolute atomic E-state index is 5.07. The second-order valence-electron chi connectivity index (χ2n) is 5.24. The van der Waals surface area contributed by atoms with Gasteiger partial charge in [-0.25, -0.2) is 0 Å². The number of hydrogen-bond acceptors (Lipinski definition) is 4. The molecule has 1 aromatic rings. The molecule has 0 spiro atoms. The summed E-state index contributed by atoms with van der Waals surface area (Å²) in [6.07, 6.45) is 5.95. The van der Waals surface area contributed by atoms with Crippen molar-refractivity contribution in [3.8, 4) is 0 Å². The molecule has 1 heterocycles. The molecule has 0 bridgehead atoms. The van der Waals surface area contributed by atoms with E-state index in [4.69, 9.17) is 4.74 Å². The molecule has 0 saturated heterocycles. The predicted molar refractivity (Wildman–Crippen MR) is 71.4 cm³/mol. The number of hydrogen-bond donors (Lipinski definition) is 1.